The lowest BCUT2D eigenvalue weighted by atomic mass is 9.79. The number of rotatable bonds is 3. The molecule has 0 aliphatic carbocycles. The number of aryl methyl sites for hydroxylation is 1. The molecule has 1 aliphatic heterocycles. The Labute approximate surface area is 149 Å². The van der Waals surface area contributed by atoms with Crippen LogP contribution in [0.25, 0.3) is 11.3 Å². The third-order valence-corrected chi connectivity index (χ3v) is 4.61. The average Bonchev–Trinajstić information content (AvgIpc) is 2.94. The van der Waals surface area contributed by atoms with Crippen LogP contribution in [0.1, 0.15) is 56.7 Å². The highest BCUT2D eigenvalue weighted by atomic mass is 16.5. The van der Waals surface area contributed by atoms with Gasteiger partial charge in [-0.25, -0.2) is 0 Å². The summed E-state index contributed by atoms with van der Waals surface area (Å²) in [5.74, 6) is 0.0501. The van der Waals surface area contributed by atoms with Gasteiger partial charge in [0, 0.05) is 28.7 Å². The molecule has 0 bridgehead atoms. The van der Waals surface area contributed by atoms with Gasteiger partial charge in [0.1, 0.15) is 5.69 Å². The first-order chi connectivity index (χ1) is 11.6. The summed E-state index contributed by atoms with van der Waals surface area (Å²) < 4.78 is 5.28. The zero-order chi connectivity index (χ0) is 18.2. The Bertz CT molecular complexity index is 744. The van der Waals surface area contributed by atoms with Crippen LogP contribution in [0.4, 0.5) is 0 Å². The van der Waals surface area contributed by atoms with E-state index in [0.29, 0.717) is 5.69 Å². The molecule has 0 radical (unpaired) electrons. The van der Waals surface area contributed by atoms with Crippen molar-refractivity contribution in [1.82, 2.24) is 15.8 Å². The van der Waals surface area contributed by atoms with Crippen LogP contribution in [0.5, 0.6) is 0 Å². The predicted molar refractivity (Wildman–Crippen MR) is 98.5 cm³/mol. The van der Waals surface area contributed by atoms with Crippen LogP contribution >= 0.6 is 0 Å². The average molecular weight is 341 g/mol. The van der Waals surface area contributed by atoms with Crippen LogP contribution in [0.3, 0.4) is 0 Å². The number of piperidine rings is 1. The lowest BCUT2D eigenvalue weighted by Crippen LogP contribution is -2.62. The van der Waals surface area contributed by atoms with Gasteiger partial charge in [0.15, 0.2) is 0 Å². The Morgan fingerprint density at radius 2 is 1.76 bits per heavy atom. The van der Waals surface area contributed by atoms with Gasteiger partial charge in [-0.05, 0) is 47.5 Å². The number of hydrogen-bond donors (Lipinski definition) is 2. The summed E-state index contributed by atoms with van der Waals surface area (Å²) in [6.45, 7) is 10.7. The monoisotopic (exact) mass is 341 g/mol. The van der Waals surface area contributed by atoms with Crippen LogP contribution in [0.2, 0.25) is 0 Å². The van der Waals surface area contributed by atoms with Crippen molar-refractivity contribution in [3.8, 4) is 11.3 Å². The minimum atomic E-state index is -0.204. The molecule has 5 heteroatoms. The number of hydrogen-bond acceptors (Lipinski definition) is 4. The number of carbonyl (C=O) groups excluding carboxylic acids is 1. The van der Waals surface area contributed by atoms with E-state index < -0.39 is 0 Å². The molecular weight excluding hydrogens is 314 g/mol. The highest BCUT2D eigenvalue weighted by molar-refractivity contribution is 5.92. The number of nitrogens with one attached hydrogen (secondary N) is 2. The van der Waals surface area contributed by atoms with Crippen molar-refractivity contribution in [3.05, 3.63) is 41.7 Å². The van der Waals surface area contributed by atoms with E-state index in [0.717, 1.165) is 18.4 Å². The van der Waals surface area contributed by atoms with Gasteiger partial charge in [-0.3, -0.25) is 4.79 Å². The quantitative estimate of drug-likeness (QED) is 0.893. The van der Waals surface area contributed by atoms with E-state index in [1.165, 1.54) is 5.56 Å². The van der Waals surface area contributed by atoms with Crippen molar-refractivity contribution < 1.29 is 9.32 Å². The minimum Gasteiger partial charge on any atom is -0.350 e. The van der Waals surface area contributed by atoms with Crippen LogP contribution in [0.15, 0.2) is 34.9 Å². The summed E-state index contributed by atoms with van der Waals surface area (Å²) in [5, 5.41) is 10.8. The second kappa shape index (κ2) is 6.30. The molecule has 134 valence electrons. The maximum absolute atomic E-state index is 12.6. The lowest BCUT2D eigenvalue weighted by molar-refractivity contribution is 0.0837. The van der Waals surface area contributed by atoms with Gasteiger partial charge in [0.2, 0.25) is 5.76 Å². The van der Waals surface area contributed by atoms with Crippen LogP contribution < -0.4 is 10.6 Å². The van der Waals surface area contributed by atoms with Gasteiger partial charge in [-0.1, -0.05) is 35.0 Å². The van der Waals surface area contributed by atoms with Crippen molar-refractivity contribution in [2.24, 2.45) is 0 Å². The van der Waals surface area contributed by atoms with Crippen molar-refractivity contribution >= 4 is 5.91 Å². The summed E-state index contributed by atoms with van der Waals surface area (Å²) >= 11 is 0. The van der Waals surface area contributed by atoms with E-state index in [-0.39, 0.29) is 28.8 Å². The highest BCUT2D eigenvalue weighted by Gasteiger charge is 2.38. The summed E-state index contributed by atoms with van der Waals surface area (Å²) in [6, 6.07) is 9.80. The molecular formula is C20H27N3O2. The molecule has 0 saturated carbocycles. The highest BCUT2D eigenvalue weighted by Crippen LogP contribution is 2.29. The van der Waals surface area contributed by atoms with Gasteiger partial charge in [0.05, 0.1) is 0 Å². The SMILES string of the molecule is Cc1ccc(-c2cc(C(=O)NC3CC(C)(C)NC(C)(C)C3)on2)cc1. The Balaban J connectivity index is 1.71. The topological polar surface area (TPSA) is 67.2 Å². The maximum atomic E-state index is 12.6. The molecule has 1 aromatic carbocycles. The molecule has 1 saturated heterocycles. The molecule has 25 heavy (non-hydrogen) atoms. The van der Waals surface area contributed by atoms with E-state index in [2.05, 4.69) is 43.5 Å². The van der Waals surface area contributed by atoms with Crippen LogP contribution in [0, 0.1) is 6.92 Å². The number of nitrogens with zero attached hydrogens (tertiary/aromatic N) is 1. The van der Waals surface area contributed by atoms with Crippen LogP contribution in [-0.4, -0.2) is 28.2 Å². The fraction of sp³-hybridized carbons (Fsp3) is 0.500. The fourth-order valence-corrected chi connectivity index (χ4v) is 3.92. The number of carbonyl (C=O) groups is 1. The Hall–Kier alpha value is -2.14. The molecule has 2 heterocycles. The molecule has 5 nitrogen and oxygen atoms in total. The smallest absolute Gasteiger partial charge is 0.290 e. The molecule has 1 aromatic heterocycles. The van der Waals surface area contributed by atoms with Crippen molar-refractivity contribution in [2.75, 3.05) is 0 Å². The molecule has 1 amide bonds. The number of amides is 1. The van der Waals surface area contributed by atoms with Gasteiger partial charge < -0.3 is 15.2 Å². The van der Waals surface area contributed by atoms with E-state index in [9.17, 15) is 4.79 Å². The number of benzene rings is 1. The largest absolute Gasteiger partial charge is 0.350 e. The number of aromatic nitrogens is 1. The first-order valence-electron chi connectivity index (χ1n) is 8.78. The minimum absolute atomic E-state index is 0.0197. The van der Waals surface area contributed by atoms with E-state index in [4.69, 9.17) is 4.52 Å². The Morgan fingerprint density at radius 3 is 2.36 bits per heavy atom. The molecule has 1 aliphatic rings. The van der Waals surface area contributed by atoms with Gasteiger partial charge in [-0.2, -0.15) is 0 Å². The third-order valence-electron chi connectivity index (χ3n) is 4.61. The third kappa shape index (κ3) is 4.28. The molecule has 3 rings (SSSR count). The second-order valence-corrected chi connectivity index (χ2v) is 8.41. The zero-order valence-corrected chi connectivity index (χ0v) is 15.6. The fourth-order valence-electron chi connectivity index (χ4n) is 3.92. The normalized spacial score (nSPS) is 19.6. The summed E-state index contributed by atoms with van der Waals surface area (Å²) in [5.41, 5.74) is 2.76. The van der Waals surface area contributed by atoms with Crippen molar-refractivity contribution in [2.45, 2.75) is 64.6 Å². The summed E-state index contributed by atoms with van der Waals surface area (Å²) in [7, 11) is 0. The van der Waals surface area contributed by atoms with E-state index in [1.54, 1.807) is 6.07 Å². The first-order valence-corrected chi connectivity index (χ1v) is 8.78. The Morgan fingerprint density at radius 1 is 1.16 bits per heavy atom. The van der Waals surface area contributed by atoms with Gasteiger partial charge in [-0.15, -0.1) is 0 Å². The molecule has 2 N–H and O–H groups in total. The van der Waals surface area contributed by atoms with Crippen molar-refractivity contribution in [3.63, 3.8) is 0 Å². The van der Waals surface area contributed by atoms with Gasteiger partial charge in [0.25, 0.3) is 5.91 Å². The maximum Gasteiger partial charge on any atom is 0.290 e. The molecule has 0 unspecified atom stereocenters. The summed E-state index contributed by atoms with van der Waals surface area (Å²) in [6.07, 6.45) is 1.75. The predicted octanol–water partition coefficient (Wildman–Crippen LogP) is 3.69. The molecule has 1 fully saturated rings. The Kier molecular flexibility index (Phi) is 4.45. The summed E-state index contributed by atoms with van der Waals surface area (Å²) in [4.78, 5) is 12.6. The zero-order valence-electron chi connectivity index (χ0n) is 15.6. The van der Waals surface area contributed by atoms with E-state index in [1.807, 2.05) is 31.2 Å². The standard InChI is InChI=1S/C20H27N3O2/c1-13-6-8-14(9-7-13)16-10-17(25-22-16)18(24)21-15-11-19(2,3)23-20(4,5)12-15/h6-10,15,23H,11-12H2,1-5H3,(H,21,24). The second-order valence-electron chi connectivity index (χ2n) is 8.41. The van der Waals surface area contributed by atoms with Crippen LogP contribution in [-0.2, 0) is 0 Å². The van der Waals surface area contributed by atoms with Crippen molar-refractivity contribution in [1.29, 1.82) is 0 Å². The molecule has 2 aromatic rings. The molecule has 0 atom stereocenters. The lowest BCUT2D eigenvalue weighted by Gasteiger charge is -2.46. The van der Waals surface area contributed by atoms with E-state index >= 15 is 0 Å². The first kappa shape index (κ1) is 17.7. The molecule has 0 spiro atoms. The van der Waals surface area contributed by atoms with Gasteiger partial charge >= 0.3 is 0 Å².